The van der Waals surface area contributed by atoms with Gasteiger partial charge < -0.3 is 20.5 Å². The summed E-state index contributed by atoms with van der Waals surface area (Å²) >= 11 is 0. The lowest BCUT2D eigenvalue weighted by molar-refractivity contribution is -0.172. The van der Waals surface area contributed by atoms with Crippen molar-refractivity contribution in [3.63, 3.8) is 0 Å². The van der Waals surface area contributed by atoms with Gasteiger partial charge in [0, 0.05) is 6.04 Å². The lowest BCUT2D eigenvalue weighted by Crippen LogP contribution is -2.75. The first-order valence-electron chi connectivity index (χ1n) is 8.12. The van der Waals surface area contributed by atoms with Crippen molar-refractivity contribution < 1.29 is 14.6 Å². The van der Waals surface area contributed by atoms with Crippen LogP contribution in [0, 0.1) is 0 Å². The quantitative estimate of drug-likeness (QED) is 0.804. The molecule has 0 spiro atoms. The van der Waals surface area contributed by atoms with Gasteiger partial charge in [0.05, 0.1) is 18.7 Å². The number of nitrogens with two attached hydrogens (primary N) is 1. The maximum Gasteiger partial charge on any atom is 0.266 e. The first kappa shape index (κ1) is 15.3. The number of hydrogen-bond acceptors (Lipinski definition) is 4. The summed E-state index contributed by atoms with van der Waals surface area (Å²) in [5.41, 5.74) is 6.06. The molecule has 1 aromatic rings. The molecule has 0 unspecified atom stereocenters. The zero-order valence-electron chi connectivity index (χ0n) is 12.7. The lowest BCUT2D eigenvalue weighted by atomic mass is 9.84. The topological polar surface area (TPSA) is 75.8 Å². The van der Waals surface area contributed by atoms with Crippen LogP contribution in [-0.4, -0.2) is 46.7 Å². The summed E-state index contributed by atoms with van der Waals surface area (Å²) < 4.78 is 5.84. The number of carbonyl (C=O) groups excluding carboxylic acids is 1. The second-order valence-electron chi connectivity index (χ2n) is 6.23. The highest BCUT2D eigenvalue weighted by Crippen LogP contribution is 2.34. The Hall–Kier alpha value is -1.59. The highest BCUT2D eigenvalue weighted by atomic mass is 16.5. The van der Waals surface area contributed by atoms with Crippen LogP contribution in [0.5, 0.6) is 5.75 Å². The van der Waals surface area contributed by atoms with Gasteiger partial charge in [-0.05, 0) is 25.0 Å². The zero-order chi connectivity index (χ0) is 15.5. The normalized spacial score (nSPS) is 27.4. The molecular formula is C17H24N2O3. The maximum absolute atomic E-state index is 12.6. The third-order valence-electron chi connectivity index (χ3n) is 4.75. The number of aliphatic hydroxyl groups excluding tert-OH is 1. The summed E-state index contributed by atoms with van der Waals surface area (Å²) in [4.78, 5) is 14.4. The fraction of sp³-hybridized carbons (Fsp3) is 0.588. The van der Waals surface area contributed by atoms with Crippen LogP contribution < -0.4 is 10.5 Å². The van der Waals surface area contributed by atoms with Crippen LogP contribution in [0.3, 0.4) is 0 Å². The van der Waals surface area contributed by atoms with Crippen LogP contribution in [0.2, 0.25) is 0 Å². The van der Waals surface area contributed by atoms with E-state index in [1.807, 2.05) is 35.2 Å². The second-order valence-corrected chi connectivity index (χ2v) is 6.23. The molecule has 1 heterocycles. The number of rotatable bonds is 5. The third-order valence-corrected chi connectivity index (χ3v) is 4.75. The molecule has 0 aromatic heterocycles. The predicted octanol–water partition coefficient (Wildman–Crippen LogP) is 1.30. The minimum absolute atomic E-state index is 0.00431. The number of benzene rings is 1. The van der Waals surface area contributed by atoms with Crippen molar-refractivity contribution >= 4 is 5.91 Å². The Morgan fingerprint density at radius 2 is 1.91 bits per heavy atom. The Morgan fingerprint density at radius 1 is 1.23 bits per heavy atom. The first-order valence-corrected chi connectivity index (χ1v) is 8.12. The molecule has 0 bridgehead atoms. The van der Waals surface area contributed by atoms with E-state index in [1.54, 1.807) is 0 Å². The van der Waals surface area contributed by atoms with E-state index in [0.717, 1.165) is 25.7 Å². The molecule has 1 aromatic carbocycles. The summed E-state index contributed by atoms with van der Waals surface area (Å²) in [6.45, 7) is -0.143. The average molecular weight is 304 g/mol. The summed E-state index contributed by atoms with van der Waals surface area (Å²) in [5, 5.41) is 9.44. The minimum atomic E-state index is -0.577. The Kier molecular flexibility index (Phi) is 4.64. The molecule has 1 amide bonds. The van der Waals surface area contributed by atoms with Crippen molar-refractivity contribution in [3.8, 4) is 5.75 Å². The van der Waals surface area contributed by atoms with Crippen LogP contribution in [0.1, 0.15) is 32.1 Å². The second kappa shape index (κ2) is 6.67. The summed E-state index contributed by atoms with van der Waals surface area (Å²) in [5.74, 6) is 0.670. The van der Waals surface area contributed by atoms with Gasteiger partial charge in [0.25, 0.3) is 5.91 Å². The van der Waals surface area contributed by atoms with Crippen molar-refractivity contribution in [1.29, 1.82) is 0 Å². The van der Waals surface area contributed by atoms with Gasteiger partial charge in [-0.2, -0.15) is 0 Å². The molecular weight excluding hydrogens is 280 g/mol. The third kappa shape index (κ3) is 2.83. The highest BCUT2D eigenvalue weighted by molar-refractivity contribution is 5.89. The fourth-order valence-corrected chi connectivity index (χ4v) is 3.59. The molecule has 1 aliphatic carbocycles. The maximum atomic E-state index is 12.6. The van der Waals surface area contributed by atoms with E-state index >= 15 is 0 Å². The molecule has 3 N–H and O–H groups in total. The van der Waals surface area contributed by atoms with Crippen molar-refractivity contribution in [3.05, 3.63) is 30.3 Å². The number of para-hydroxylation sites is 1. The fourth-order valence-electron chi connectivity index (χ4n) is 3.59. The Morgan fingerprint density at radius 3 is 2.55 bits per heavy atom. The standard InChI is InChI=1S/C17H24N2O3/c18-14(11-20)15-16(22-13-9-5-2-6-10-13)17(21)19(15)12-7-3-1-4-8-12/h2,5-6,9-10,12,14-16,20H,1,3-4,7-8,11,18H2/t14-,15-,16+/m0/s1. The molecule has 3 atom stereocenters. The van der Waals surface area contributed by atoms with Crippen LogP contribution in [0.4, 0.5) is 0 Å². The Balaban J connectivity index is 1.74. The number of aliphatic hydroxyl groups is 1. The van der Waals surface area contributed by atoms with Crippen LogP contribution >= 0.6 is 0 Å². The van der Waals surface area contributed by atoms with Crippen LogP contribution in [-0.2, 0) is 4.79 Å². The van der Waals surface area contributed by atoms with Gasteiger partial charge in [0.2, 0.25) is 0 Å². The monoisotopic (exact) mass is 304 g/mol. The number of carbonyl (C=O) groups is 1. The molecule has 1 aliphatic heterocycles. The van der Waals surface area contributed by atoms with Gasteiger partial charge in [-0.1, -0.05) is 37.5 Å². The highest BCUT2D eigenvalue weighted by Gasteiger charge is 2.54. The van der Waals surface area contributed by atoms with Crippen LogP contribution in [0.15, 0.2) is 30.3 Å². The number of nitrogens with zero attached hydrogens (tertiary/aromatic N) is 1. The smallest absolute Gasteiger partial charge is 0.266 e. The van der Waals surface area contributed by atoms with E-state index < -0.39 is 12.1 Å². The lowest BCUT2D eigenvalue weighted by Gasteiger charge is -2.53. The summed E-state index contributed by atoms with van der Waals surface area (Å²) in [6.07, 6.45) is 5.02. The van der Waals surface area contributed by atoms with E-state index in [-0.39, 0.29) is 24.6 Å². The first-order chi connectivity index (χ1) is 10.7. The molecule has 2 fully saturated rings. The molecule has 3 rings (SSSR count). The number of β-lactam (4-membered cyclic amide) rings is 1. The van der Waals surface area contributed by atoms with Gasteiger partial charge in [0.15, 0.2) is 6.10 Å². The largest absolute Gasteiger partial charge is 0.478 e. The predicted molar refractivity (Wildman–Crippen MR) is 83.4 cm³/mol. The molecule has 2 aliphatic rings. The Bertz CT molecular complexity index is 502. The van der Waals surface area contributed by atoms with E-state index in [1.165, 1.54) is 6.42 Å². The van der Waals surface area contributed by atoms with E-state index in [2.05, 4.69) is 0 Å². The van der Waals surface area contributed by atoms with Crippen molar-refractivity contribution in [2.45, 2.75) is 56.3 Å². The molecule has 0 radical (unpaired) electrons. The summed E-state index contributed by atoms with van der Waals surface area (Å²) in [7, 11) is 0. The van der Waals surface area contributed by atoms with E-state index in [4.69, 9.17) is 10.5 Å². The Labute approximate surface area is 131 Å². The number of likely N-dealkylation sites (tertiary alicyclic amines) is 1. The molecule has 1 saturated carbocycles. The molecule has 22 heavy (non-hydrogen) atoms. The SMILES string of the molecule is N[C@@H](CO)[C@H]1[C@@H](Oc2ccccc2)C(=O)N1C1CCCCC1. The van der Waals surface area contributed by atoms with Crippen LogP contribution in [0.25, 0.3) is 0 Å². The molecule has 5 nitrogen and oxygen atoms in total. The van der Waals surface area contributed by atoms with Gasteiger partial charge in [-0.3, -0.25) is 4.79 Å². The molecule has 1 saturated heterocycles. The average Bonchev–Trinajstić information content (AvgIpc) is 2.58. The van der Waals surface area contributed by atoms with E-state index in [9.17, 15) is 9.90 Å². The van der Waals surface area contributed by atoms with Gasteiger partial charge in [-0.25, -0.2) is 0 Å². The molecule has 5 heteroatoms. The van der Waals surface area contributed by atoms with Crippen molar-refractivity contribution in [1.82, 2.24) is 4.90 Å². The zero-order valence-corrected chi connectivity index (χ0v) is 12.7. The van der Waals surface area contributed by atoms with E-state index in [0.29, 0.717) is 5.75 Å². The van der Waals surface area contributed by atoms with Crippen molar-refractivity contribution in [2.24, 2.45) is 5.73 Å². The van der Waals surface area contributed by atoms with Gasteiger partial charge in [0.1, 0.15) is 5.75 Å². The minimum Gasteiger partial charge on any atom is -0.478 e. The van der Waals surface area contributed by atoms with Gasteiger partial charge in [-0.15, -0.1) is 0 Å². The van der Waals surface area contributed by atoms with Crippen molar-refractivity contribution in [2.75, 3.05) is 6.61 Å². The molecule has 120 valence electrons. The number of ether oxygens (including phenoxy) is 1. The summed E-state index contributed by atoms with van der Waals surface area (Å²) in [6, 6.07) is 8.86. The number of amides is 1. The van der Waals surface area contributed by atoms with Gasteiger partial charge >= 0.3 is 0 Å². The number of hydrogen-bond donors (Lipinski definition) is 2.